The van der Waals surface area contributed by atoms with Crippen LogP contribution < -0.4 is 21.7 Å². The molecule has 13 heteroatoms. The number of carbonyl (C=O) groups is 4. The lowest BCUT2D eigenvalue weighted by molar-refractivity contribution is -0.144. The molecule has 0 heterocycles. The van der Waals surface area contributed by atoms with E-state index in [1.54, 1.807) is 0 Å². The first kappa shape index (κ1) is 23.7. The van der Waals surface area contributed by atoms with Gasteiger partial charge in [-0.05, 0) is 6.92 Å². The highest BCUT2D eigenvalue weighted by atomic mass is 16.4. The lowest BCUT2D eigenvalue weighted by Gasteiger charge is -2.25. The molecule has 0 aliphatic carbocycles. The molecule has 0 aromatic rings. The monoisotopic (exact) mass is 380 g/mol. The molecular formula is C13H24N4O9. The molecule has 0 fully saturated rings. The third-order valence-corrected chi connectivity index (χ3v) is 3.21. The predicted molar refractivity (Wildman–Crippen MR) is 84.3 cm³/mol. The van der Waals surface area contributed by atoms with Gasteiger partial charge in [0, 0.05) is 0 Å². The summed E-state index contributed by atoms with van der Waals surface area (Å²) >= 11 is 0. The number of nitrogens with one attached hydrogen (secondary N) is 3. The Labute approximate surface area is 148 Å². The van der Waals surface area contributed by atoms with Crippen molar-refractivity contribution in [2.24, 2.45) is 5.73 Å². The van der Waals surface area contributed by atoms with Crippen molar-refractivity contribution in [3.05, 3.63) is 0 Å². The van der Waals surface area contributed by atoms with Crippen molar-refractivity contribution in [1.29, 1.82) is 0 Å². The molecule has 0 saturated heterocycles. The van der Waals surface area contributed by atoms with Gasteiger partial charge in [0.1, 0.15) is 24.2 Å². The lowest BCUT2D eigenvalue weighted by atomic mass is 10.1. The maximum absolute atomic E-state index is 12.1. The SMILES string of the molecule is CC(O)C(NC(=O)C(CO)NC(=O)C(N)CO)C(=O)NC(CO)C(=O)O. The molecule has 5 unspecified atom stereocenters. The van der Waals surface area contributed by atoms with Crippen molar-refractivity contribution in [2.45, 2.75) is 37.2 Å². The predicted octanol–water partition coefficient (Wildman–Crippen LogP) is -5.79. The highest BCUT2D eigenvalue weighted by molar-refractivity contribution is 5.94. The van der Waals surface area contributed by atoms with Crippen LogP contribution in [-0.4, -0.2) is 99.3 Å². The number of carboxylic acids is 1. The molecule has 0 spiro atoms. The molecule has 0 rings (SSSR count). The minimum absolute atomic E-state index is 0.706. The van der Waals surface area contributed by atoms with Gasteiger partial charge < -0.3 is 47.2 Å². The van der Waals surface area contributed by atoms with Crippen LogP contribution in [0.15, 0.2) is 0 Å². The summed E-state index contributed by atoms with van der Waals surface area (Å²) in [6.45, 7) is -1.37. The van der Waals surface area contributed by atoms with Gasteiger partial charge in [-0.25, -0.2) is 4.79 Å². The topological polar surface area (TPSA) is 232 Å². The van der Waals surface area contributed by atoms with Crippen LogP contribution in [0.2, 0.25) is 0 Å². The Kier molecular flexibility index (Phi) is 10.3. The zero-order valence-corrected chi connectivity index (χ0v) is 14.0. The number of aliphatic hydroxyl groups excluding tert-OH is 4. The van der Waals surface area contributed by atoms with E-state index >= 15 is 0 Å². The summed E-state index contributed by atoms with van der Waals surface area (Å²) in [4.78, 5) is 46.5. The third kappa shape index (κ3) is 7.28. The largest absolute Gasteiger partial charge is 0.480 e. The van der Waals surface area contributed by atoms with Crippen molar-refractivity contribution in [1.82, 2.24) is 16.0 Å². The molecule has 0 aromatic heterocycles. The second-order valence-electron chi connectivity index (χ2n) is 5.34. The standard InChI is InChI=1S/C13H24N4O9/c1-5(21)9(12(24)16-8(4-20)13(25)26)17-11(23)7(3-19)15-10(22)6(14)2-18/h5-9,18-21H,2-4,14H2,1H3,(H,15,22)(H,16,24)(H,17,23)(H,25,26). The van der Waals surface area contributed by atoms with Crippen LogP contribution in [0, 0.1) is 0 Å². The smallest absolute Gasteiger partial charge is 0.328 e. The Morgan fingerprint density at radius 2 is 1.35 bits per heavy atom. The van der Waals surface area contributed by atoms with Crippen LogP contribution in [0.5, 0.6) is 0 Å². The molecule has 0 aliphatic heterocycles. The number of hydrogen-bond donors (Lipinski definition) is 9. The van der Waals surface area contributed by atoms with E-state index in [1.165, 1.54) is 0 Å². The van der Waals surface area contributed by atoms with E-state index in [0.717, 1.165) is 6.92 Å². The van der Waals surface area contributed by atoms with Gasteiger partial charge in [-0.1, -0.05) is 0 Å². The molecule has 0 bridgehead atoms. The van der Waals surface area contributed by atoms with E-state index in [-0.39, 0.29) is 0 Å². The maximum Gasteiger partial charge on any atom is 0.328 e. The van der Waals surface area contributed by atoms with Crippen LogP contribution in [0.25, 0.3) is 0 Å². The molecule has 0 aliphatic rings. The highest BCUT2D eigenvalue weighted by Crippen LogP contribution is 1.97. The molecule has 0 saturated carbocycles. The molecule has 3 amide bonds. The first-order valence-electron chi connectivity index (χ1n) is 7.49. The first-order chi connectivity index (χ1) is 12.1. The van der Waals surface area contributed by atoms with Gasteiger partial charge in [0.05, 0.1) is 25.9 Å². The van der Waals surface area contributed by atoms with Gasteiger partial charge in [-0.2, -0.15) is 0 Å². The molecule has 5 atom stereocenters. The minimum Gasteiger partial charge on any atom is -0.480 e. The molecule has 0 radical (unpaired) electrons. The van der Waals surface area contributed by atoms with Crippen molar-refractivity contribution in [2.75, 3.05) is 19.8 Å². The fourth-order valence-electron chi connectivity index (χ4n) is 1.66. The van der Waals surface area contributed by atoms with Crippen molar-refractivity contribution < 1.29 is 44.7 Å². The number of nitrogens with two attached hydrogens (primary N) is 1. The van der Waals surface area contributed by atoms with Gasteiger partial charge in [0.15, 0.2) is 0 Å². The second-order valence-corrected chi connectivity index (χ2v) is 5.34. The number of carboxylic acid groups (broad SMARTS) is 1. The van der Waals surface area contributed by atoms with Crippen LogP contribution in [0.1, 0.15) is 6.92 Å². The molecule has 10 N–H and O–H groups in total. The lowest BCUT2D eigenvalue weighted by Crippen LogP contribution is -2.61. The van der Waals surface area contributed by atoms with Gasteiger partial charge in [-0.3, -0.25) is 14.4 Å². The van der Waals surface area contributed by atoms with E-state index in [0.29, 0.717) is 0 Å². The summed E-state index contributed by atoms with van der Waals surface area (Å²) in [7, 11) is 0. The van der Waals surface area contributed by atoms with Gasteiger partial charge >= 0.3 is 5.97 Å². The fraction of sp³-hybridized carbons (Fsp3) is 0.692. The number of aliphatic carboxylic acids is 1. The molecule has 150 valence electrons. The van der Waals surface area contributed by atoms with Crippen molar-refractivity contribution >= 4 is 23.7 Å². The maximum atomic E-state index is 12.1. The minimum atomic E-state index is -1.66. The molecule has 26 heavy (non-hydrogen) atoms. The average Bonchev–Trinajstić information content (AvgIpc) is 2.59. The normalized spacial score (nSPS) is 16.5. The second kappa shape index (κ2) is 11.3. The van der Waals surface area contributed by atoms with E-state index in [2.05, 4.69) is 0 Å². The van der Waals surface area contributed by atoms with Crippen LogP contribution in [-0.2, 0) is 19.2 Å². The Hall–Kier alpha value is -2.32. The Morgan fingerprint density at radius 3 is 1.73 bits per heavy atom. The molecular weight excluding hydrogens is 356 g/mol. The summed E-state index contributed by atoms with van der Waals surface area (Å²) in [6.07, 6.45) is -1.47. The summed E-state index contributed by atoms with van der Waals surface area (Å²) in [5.74, 6) is -4.64. The van der Waals surface area contributed by atoms with Gasteiger partial charge in [0.2, 0.25) is 17.7 Å². The summed E-state index contributed by atoms with van der Waals surface area (Å²) < 4.78 is 0. The zero-order valence-electron chi connectivity index (χ0n) is 14.0. The third-order valence-electron chi connectivity index (χ3n) is 3.21. The van der Waals surface area contributed by atoms with Crippen molar-refractivity contribution in [3.63, 3.8) is 0 Å². The van der Waals surface area contributed by atoms with Crippen LogP contribution >= 0.6 is 0 Å². The van der Waals surface area contributed by atoms with Crippen LogP contribution in [0.3, 0.4) is 0 Å². The molecule has 13 nitrogen and oxygen atoms in total. The fourth-order valence-corrected chi connectivity index (χ4v) is 1.66. The Balaban J connectivity index is 5.06. The number of carbonyl (C=O) groups excluding carboxylic acids is 3. The number of hydrogen-bond acceptors (Lipinski definition) is 9. The Morgan fingerprint density at radius 1 is 0.846 bits per heavy atom. The quantitative estimate of drug-likeness (QED) is 0.165. The van der Waals surface area contributed by atoms with E-state index in [9.17, 15) is 29.4 Å². The number of aliphatic hydroxyl groups is 4. The highest BCUT2D eigenvalue weighted by Gasteiger charge is 2.32. The Bertz CT molecular complexity index is 514. The number of rotatable bonds is 11. The zero-order chi connectivity index (χ0) is 20.4. The van der Waals surface area contributed by atoms with E-state index < -0.39 is 73.8 Å². The summed E-state index contributed by atoms with van der Waals surface area (Å²) in [5, 5.41) is 51.3. The first-order valence-corrected chi connectivity index (χ1v) is 7.49. The van der Waals surface area contributed by atoms with Crippen LogP contribution in [0.4, 0.5) is 0 Å². The number of amides is 3. The average molecular weight is 380 g/mol. The van der Waals surface area contributed by atoms with Gasteiger partial charge in [0.25, 0.3) is 0 Å². The van der Waals surface area contributed by atoms with Crippen molar-refractivity contribution in [3.8, 4) is 0 Å². The summed E-state index contributed by atoms with van der Waals surface area (Å²) in [6, 6.07) is -6.17. The summed E-state index contributed by atoms with van der Waals surface area (Å²) in [5.41, 5.74) is 5.26. The van der Waals surface area contributed by atoms with E-state index in [4.69, 9.17) is 21.1 Å². The van der Waals surface area contributed by atoms with Gasteiger partial charge in [-0.15, -0.1) is 0 Å². The van der Waals surface area contributed by atoms with E-state index in [1.807, 2.05) is 16.0 Å². The molecule has 0 aromatic carbocycles.